The Bertz CT molecular complexity index is 709. The number of nitrogens with zero attached hydrogens (tertiary/aromatic N) is 2. The molecule has 1 aromatic rings. The Morgan fingerprint density at radius 2 is 2.13 bits per heavy atom. The lowest BCUT2D eigenvalue weighted by molar-refractivity contribution is -0.122. The van der Waals surface area contributed by atoms with Crippen molar-refractivity contribution in [3.63, 3.8) is 0 Å². The van der Waals surface area contributed by atoms with Crippen molar-refractivity contribution in [2.45, 2.75) is 44.8 Å². The molecule has 1 saturated carbocycles. The van der Waals surface area contributed by atoms with Crippen molar-refractivity contribution in [3.05, 3.63) is 31.5 Å². The number of likely N-dealkylation sites (tertiary alicyclic amines) is 1. The summed E-state index contributed by atoms with van der Waals surface area (Å²) in [6, 6.07) is 0.901. The SMILES string of the molecule is CC1CN(C2CC2)CC1NC(=O)CCn1cc(Br)c(=O)[nH]c1=O. The minimum Gasteiger partial charge on any atom is -0.352 e. The van der Waals surface area contributed by atoms with Crippen molar-refractivity contribution >= 4 is 21.8 Å². The Morgan fingerprint density at radius 3 is 2.83 bits per heavy atom. The average molecular weight is 385 g/mol. The van der Waals surface area contributed by atoms with Crippen molar-refractivity contribution in [3.8, 4) is 0 Å². The van der Waals surface area contributed by atoms with Gasteiger partial charge in [-0.2, -0.15) is 0 Å². The van der Waals surface area contributed by atoms with Crippen LogP contribution in [0.1, 0.15) is 26.2 Å². The van der Waals surface area contributed by atoms with E-state index in [0.29, 0.717) is 5.92 Å². The average Bonchev–Trinajstić information content (AvgIpc) is 3.27. The van der Waals surface area contributed by atoms with Gasteiger partial charge in [0.05, 0.1) is 4.47 Å². The van der Waals surface area contributed by atoms with Gasteiger partial charge in [0.2, 0.25) is 5.91 Å². The molecule has 1 aliphatic heterocycles. The summed E-state index contributed by atoms with van der Waals surface area (Å²) >= 11 is 3.08. The number of aromatic amines is 1. The number of carbonyl (C=O) groups excluding carboxylic acids is 1. The molecule has 2 N–H and O–H groups in total. The first-order chi connectivity index (χ1) is 10.9. The summed E-state index contributed by atoms with van der Waals surface area (Å²) in [5.41, 5.74) is -0.962. The minimum absolute atomic E-state index is 0.0614. The van der Waals surface area contributed by atoms with Gasteiger partial charge in [-0.25, -0.2) is 4.79 Å². The molecule has 2 heterocycles. The van der Waals surface area contributed by atoms with Gasteiger partial charge in [0.1, 0.15) is 0 Å². The first-order valence-electron chi connectivity index (χ1n) is 7.96. The quantitative estimate of drug-likeness (QED) is 0.763. The van der Waals surface area contributed by atoms with Crippen LogP contribution >= 0.6 is 15.9 Å². The number of amides is 1. The smallest absolute Gasteiger partial charge is 0.328 e. The second kappa shape index (κ2) is 6.60. The number of hydrogen-bond acceptors (Lipinski definition) is 4. The first-order valence-corrected chi connectivity index (χ1v) is 8.76. The predicted molar refractivity (Wildman–Crippen MR) is 89.3 cm³/mol. The predicted octanol–water partition coefficient (Wildman–Crippen LogP) is 0.288. The van der Waals surface area contributed by atoms with E-state index in [1.54, 1.807) is 0 Å². The number of carbonyl (C=O) groups is 1. The maximum absolute atomic E-state index is 12.1. The minimum atomic E-state index is -0.500. The molecule has 3 rings (SSSR count). The molecular formula is C15H21BrN4O3. The molecule has 8 heteroatoms. The molecule has 0 aromatic carbocycles. The number of hydrogen-bond donors (Lipinski definition) is 2. The lowest BCUT2D eigenvalue weighted by atomic mass is 10.1. The molecule has 1 aromatic heterocycles. The van der Waals surface area contributed by atoms with Crippen LogP contribution in [0.5, 0.6) is 0 Å². The van der Waals surface area contributed by atoms with Crippen LogP contribution in [0.4, 0.5) is 0 Å². The molecule has 0 bridgehead atoms. The lowest BCUT2D eigenvalue weighted by Gasteiger charge is -2.17. The van der Waals surface area contributed by atoms with Gasteiger partial charge in [0.25, 0.3) is 5.56 Å². The zero-order valence-electron chi connectivity index (χ0n) is 13.0. The molecule has 0 spiro atoms. The van der Waals surface area contributed by atoms with Gasteiger partial charge < -0.3 is 5.32 Å². The van der Waals surface area contributed by atoms with Crippen LogP contribution in [-0.2, 0) is 11.3 Å². The molecule has 2 atom stereocenters. The normalized spacial score (nSPS) is 24.8. The van der Waals surface area contributed by atoms with Crippen LogP contribution < -0.4 is 16.6 Å². The van der Waals surface area contributed by atoms with Gasteiger partial charge in [-0.1, -0.05) is 6.92 Å². The van der Waals surface area contributed by atoms with Gasteiger partial charge in [-0.15, -0.1) is 0 Å². The highest BCUT2D eigenvalue weighted by atomic mass is 79.9. The molecule has 1 amide bonds. The highest BCUT2D eigenvalue weighted by Crippen LogP contribution is 2.31. The number of rotatable bonds is 5. The number of aromatic nitrogens is 2. The van der Waals surface area contributed by atoms with E-state index in [2.05, 4.69) is 38.1 Å². The summed E-state index contributed by atoms with van der Waals surface area (Å²) in [5.74, 6) is 0.387. The molecule has 1 saturated heterocycles. The second-order valence-electron chi connectivity index (χ2n) is 6.52. The third kappa shape index (κ3) is 3.92. The number of aryl methyl sites for hydroxylation is 1. The Morgan fingerprint density at radius 1 is 1.39 bits per heavy atom. The van der Waals surface area contributed by atoms with Crippen molar-refractivity contribution < 1.29 is 4.79 Å². The van der Waals surface area contributed by atoms with E-state index in [1.165, 1.54) is 23.6 Å². The molecule has 0 radical (unpaired) electrons. The zero-order valence-corrected chi connectivity index (χ0v) is 14.6. The summed E-state index contributed by atoms with van der Waals surface area (Å²) in [5, 5.41) is 3.08. The topological polar surface area (TPSA) is 87.2 Å². The summed E-state index contributed by atoms with van der Waals surface area (Å²) < 4.78 is 1.61. The summed E-state index contributed by atoms with van der Waals surface area (Å²) in [6.45, 7) is 4.37. The van der Waals surface area contributed by atoms with Crippen LogP contribution in [0.2, 0.25) is 0 Å². The molecule has 2 aliphatic rings. The Balaban J connectivity index is 1.53. The zero-order chi connectivity index (χ0) is 16.6. The molecular weight excluding hydrogens is 364 g/mol. The fourth-order valence-electron chi connectivity index (χ4n) is 3.08. The van der Waals surface area contributed by atoms with Gasteiger partial charge >= 0.3 is 5.69 Å². The van der Waals surface area contributed by atoms with Crippen LogP contribution in [-0.4, -0.2) is 45.5 Å². The van der Waals surface area contributed by atoms with E-state index >= 15 is 0 Å². The number of halogens is 1. The van der Waals surface area contributed by atoms with Gasteiger partial charge in [0, 0.05) is 44.3 Å². The molecule has 23 heavy (non-hydrogen) atoms. The largest absolute Gasteiger partial charge is 0.352 e. The summed E-state index contributed by atoms with van der Waals surface area (Å²) in [4.78, 5) is 39.8. The number of nitrogens with one attached hydrogen (secondary N) is 2. The molecule has 2 fully saturated rings. The van der Waals surface area contributed by atoms with E-state index in [0.717, 1.165) is 19.1 Å². The third-order valence-corrected chi connectivity index (χ3v) is 5.16. The van der Waals surface area contributed by atoms with Crippen molar-refractivity contribution in [1.82, 2.24) is 19.8 Å². The van der Waals surface area contributed by atoms with Crippen LogP contribution in [0.25, 0.3) is 0 Å². The van der Waals surface area contributed by atoms with Crippen molar-refractivity contribution in [2.24, 2.45) is 5.92 Å². The van der Waals surface area contributed by atoms with Crippen LogP contribution in [0.15, 0.2) is 20.3 Å². The van der Waals surface area contributed by atoms with Gasteiger partial charge in [-0.05, 0) is 34.7 Å². The van der Waals surface area contributed by atoms with Gasteiger partial charge in [0.15, 0.2) is 0 Å². The molecule has 2 unspecified atom stereocenters. The van der Waals surface area contributed by atoms with E-state index in [1.807, 2.05) is 0 Å². The van der Waals surface area contributed by atoms with Gasteiger partial charge in [-0.3, -0.25) is 24.0 Å². The monoisotopic (exact) mass is 384 g/mol. The number of H-pyrrole nitrogens is 1. The molecule has 1 aliphatic carbocycles. The Hall–Kier alpha value is -1.41. The summed E-state index contributed by atoms with van der Waals surface area (Å²) in [6.07, 6.45) is 4.18. The summed E-state index contributed by atoms with van der Waals surface area (Å²) in [7, 11) is 0. The third-order valence-electron chi connectivity index (χ3n) is 4.60. The van der Waals surface area contributed by atoms with E-state index in [-0.39, 0.29) is 29.4 Å². The van der Waals surface area contributed by atoms with E-state index in [9.17, 15) is 14.4 Å². The van der Waals surface area contributed by atoms with Crippen molar-refractivity contribution in [2.75, 3.05) is 13.1 Å². The van der Waals surface area contributed by atoms with Crippen LogP contribution in [0, 0.1) is 5.92 Å². The molecule has 7 nitrogen and oxygen atoms in total. The van der Waals surface area contributed by atoms with E-state index < -0.39 is 11.2 Å². The highest BCUT2D eigenvalue weighted by molar-refractivity contribution is 9.10. The first kappa shape index (κ1) is 16.4. The van der Waals surface area contributed by atoms with Crippen molar-refractivity contribution in [1.29, 1.82) is 0 Å². The Labute approximate surface area is 142 Å². The second-order valence-corrected chi connectivity index (χ2v) is 7.37. The standard InChI is InChI=1S/C15H21BrN4O3/c1-9-6-20(10-2-3-10)8-12(9)17-13(21)4-5-19-7-11(16)14(22)18-15(19)23/h7,9-10,12H,2-6,8H2,1H3,(H,17,21)(H,18,22,23). The maximum Gasteiger partial charge on any atom is 0.328 e. The fourth-order valence-corrected chi connectivity index (χ4v) is 3.43. The van der Waals surface area contributed by atoms with E-state index in [4.69, 9.17) is 0 Å². The molecule has 126 valence electrons. The maximum atomic E-state index is 12.1. The van der Waals surface area contributed by atoms with Crippen LogP contribution in [0.3, 0.4) is 0 Å². The lowest BCUT2D eigenvalue weighted by Crippen LogP contribution is -2.41. The Kier molecular flexibility index (Phi) is 4.72. The fraction of sp³-hybridized carbons (Fsp3) is 0.667. The highest BCUT2D eigenvalue weighted by Gasteiger charge is 2.38.